The molecule has 0 aromatic rings. The van der Waals surface area contributed by atoms with Crippen molar-refractivity contribution in [2.75, 3.05) is 40.9 Å². The SMILES string of the molecule is CCCCCCCCCCCCCCCCCCCCCCCCC/C=C/C(O)C(COP(=O)([O-])OCC[N+](C)(C)C)NC(=O)CCCCCCCCCCCCC. The minimum Gasteiger partial charge on any atom is -0.756 e. The molecule has 0 rings (SSSR count). The van der Waals surface area contributed by atoms with Gasteiger partial charge in [0, 0.05) is 6.42 Å². The van der Waals surface area contributed by atoms with Crippen molar-refractivity contribution < 1.29 is 32.9 Å². The molecule has 0 saturated heterocycles. The molecular weight excluding hydrogens is 744 g/mol. The smallest absolute Gasteiger partial charge is 0.268 e. The monoisotopic (exact) mass is 843 g/mol. The van der Waals surface area contributed by atoms with Crippen molar-refractivity contribution in [3.05, 3.63) is 12.2 Å². The van der Waals surface area contributed by atoms with Crippen LogP contribution in [0.2, 0.25) is 0 Å². The van der Waals surface area contributed by atoms with Crippen molar-refractivity contribution in [3.63, 3.8) is 0 Å². The van der Waals surface area contributed by atoms with E-state index in [9.17, 15) is 19.4 Å². The van der Waals surface area contributed by atoms with Gasteiger partial charge in [0.25, 0.3) is 7.82 Å². The summed E-state index contributed by atoms with van der Waals surface area (Å²) in [6.07, 6.45) is 48.5. The lowest BCUT2D eigenvalue weighted by molar-refractivity contribution is -0.870. The summed E-state index contributed by atoms with van der Waals surface area (Å²) in [4.78, 5) is 25.3. The number of carbonyl (C=O) groups excluding carboxylic acids is 1. The van der Waals surface area contributed by atoms with Gasteiger partial charge in [-0.2, -0.15) is 0 Å². The molecule has 2 N–H and O–H groups in total. The summed E-state index contributed by atoms with van der Waals surface area (Å²) in [6, 6.07) is -0.880. The first-order chi connectivity index (χ1) is 28.0. The first-order valence-electron chi connectivity index (χ1n) is 25.1. The third-order valence-corrected chi connectivity index (χ3v) is 12.5. The van der Waals surface area contributed by atoms with Crippen LogP contribution in [0.5, 0.6) is 0 Å². The molecule has 58 heavy (non-hydrogen) atoms. The number of nitrogens with zero attached hydrogens (tertiary/aromatic N) is 1. The Labute approximate surface area is 361 Å². The Balaban J connectivity index is 4.18. The van der Waals surface area contributed by atoms with Crippen molar-refractivity contribution >= 4 is 13.7 Å². The molecule has 0 radical (unpaired) electrons. The molecule has 0 spiro atoms. The number of phosphoric ester groups is 1. The van der Waals surface area contributed by atoms with Crippen LogP contribution >= 0.6 is 7.82 Å². The minimum atomic E-state index is -4.58. The Morgan fingerprint density at radius 1 is 0.586 bits per heavy atom. The number of phosphoric acid groups is 1. The van der Waals surface area contributed by atoms with E-state index in [1.165, 1.54) is 186 Å². The molecule has 0 aromatic heterocycles. The number of allylic oxidation sites excluding steroid dienone is 1. The van der Waals surface area contributed by atoms with Gasteiger partial charge in [0.1, 0.15) is 13.2 Å². The van der Waals surface area contributed by atoms with Crippen LogP contribution in [0, 0.1) is 0 Å². The van der Waals surface area contributed by atoms with Crippen molar-refractivity contribution in [1.29, 1.82) is 0 Å². The standard InChI is InChI=1S/C49H99N2O6P/c1-6-8-10-12-14-16-18-19-20-21-22-23-24-25-26-27-28-29-30-31-33-34-36-38-40-42-48(52)47(46-57-58(54,55)56-45-44-51(3,4)5)50-49(53)43-41-39-37-35-32-17-15-13-11-9-7-2/h40,42,47-48,52H,6-39,41,43-46H2,1-5H3,(H-,50,53,54,55)/b42-40+. The predicted octanol–water partition coefficient (Wildman–Crippen LogP) is 13.7. The van der Waals surface area contributed by atoms with Gasteiger partial charge < -0.3 is 28.8 Å². The second-order valence-corrected chi connectivity index (χ2v) is 19.9. The zero-order chi connectivity index (χ0) is 42.8. The molecule has 9 heteroatoms. The number of quaternary nitrogens is 1. The molecule has 346 valence electrons. The highest BCUT2D eigenvalue weighted by Crippen LogP contribution is 2.38. The van der Waals surface area contributed by atoms with Gasteiger partial charge in [-0.1, -0.05) is 231 Å². The Morgan fingerprint density at radius 3 is 1.29 bits per heavy atom. The number of unbranched alkanes of at least 4 members (excludes halogenated alkanes) is 33. The number of carbonyl (C=O) groups is 1. The van der Waals surface area contributed by atoms with Gasteiger partial charge >= 0.3 is 0 Å². The van der Waals surface area contributed by atoms with E-state index in [4.69, 9.17) is 9.05 Å². The normalized spacial score (nSPS) is 14.3. The topological polar surface area (TPSA) is 108 Å². The predicted molar refractivity (Wildman–Crippen MR) is 247 cm³/mol. The highest BCUT2D eigenvalue weighted by Gasteiger charge is 2.23. The Bertz CT molecular complexity index is 958. The third kappa shape index (κ3) is 43.3. The molecule has 0 aliphatic heterocycles. The zero-order valence-electron chi connectivity index (χ0n) is 39.3. The number of likely N-dealkylation sites (N-methyl/N-ethyl adjacent to an activating group) is 1. The number of hydrogen-bond donors (Lipinski definition) is 2. The lowest BCUT2D eigenvalue weighted by Gasteiger charge is -2.29. The molecule has 0 bridgehead atoms. The van der Waals surface area contributed by atoms with Gasteiger partial charge in [0.05, 0.1) is 39.9 Å². The number of amides is 1. The first kappa shape index (κ1) is 57.2. The summed E-state index contributed by atoms with van der Waals surface area (Å²) < 4.78 is 23.2. The summed E-state index contributed by atoms with van der Waals surface area (Å²) in [5.41, 5.74) is 0. The van der Waals surface area contributed by atoms with E-state index in [-0.39, 0.29) is 19.1 Å². The Kier molecular flexibility index (Phi) is 41.0. The van der Waals surface area contributed by atoms with E-state index in [0.29, 0.717) is 17.4 Å². The quantitative estimate of drug-likeness (QED) is 0.0273. The minimum absolute atomic E-state index is 0.00216. The van der Waals surface area contributed by atoms with Gasteiger partial charge in [-0.25, -0.2) is 0 Å². The van der Waals surface area contributed by atoms with Crippen molar-refractivity contribution in [2.24, 2.45) is 0 Å². The lowest BCUT2D eigenvalue weighted by atomic mass is 10.0. The fourth-order valence-corrected chi connectivity index (χ4v) is 8.23. The van der Waals surface area contributed by atoms with Crippen LogP contribution in [0.4, 0.5) is 0 Å². The van der Waals surface area contributed by atoms with Crippen LogP contribution in [0.1, 0.15) is 245 Å². The molecule has 0 saturated carbocycles. The van der Waals surface area contributed by atoms with Crippen molar-refractivity contribution in [2.45, 2.75) is 257 Å². The van der Waals surface area contributed by atoms with Crippen LogP contribution in [0.15, 0.2) is 12.2 Å². The van der Waals surface area contributed by atoms with Gasteiger partial charge in [-0.15, -0.1) is 0 Å². The van der Waals surface area contributed by atoms with E-state index >= 15 is 0 Å². The highest BCUT2D eigenvalue weighted by molar-refractivity contribution is 7.45. The maximum atomic E-state index is 12.8. The highest BCUT2D eigenvalue weighted by atomic mass is 31.2. The maximum Gasteiger partial charge on any atom is 0.268 e. The van der Waals surface area contributed by atoms with Gasteiger partial charge in [0.2, 0.25) is 5.91 Å². The number of nitrogens with one attached hydrogen (secondary N) is 1. The van der Waals surface area contributed by atoms with Gasteiger partial charge in [-0.05, 0) is 19.3 Å². The van der Waals surface area contributed by atoms with Crippen LogP contribution in [-0.2, 0) is 18.4 Å². The molecule has 1 amide bonds. The average molecular weight is 843 g/mol. The lowest BCUT2D eigenvalue weighted by Crippen LogP contribution is -2.45. The molecule has 0 aliphatic carbocycles. The molecule has 0 aromatic carbocycles. The summed E-state index contributed by atoms with van der Waals surface area (Å²) >= 11 is 0. The second-order valence-electron chi connectivity index (χ2n) is 18.5. The fourth-order valence-electron chi connectivity index (χ4n) is 7.51. The molecule has 3 unspecified atom stereocenters. The largest absolute Gasteiger partial charge is 0.756 e. The summed E-state index contributed by atoms with van der Waals surface area (Å²) in [6.45, 7) is 4.66. The molecule has 0 heterocycles. The number of aliphatic hydroxyl groups is 1. The molecule has 3 atom stereocenters. The van der Waals surface area contributed by atoms with Crippen LogP contribution < -0.4 is 10.2 Å². The van der Waals surface area contributed by atoms with E-state index in [1.807, 2.05) is 27.2 Å². The number of aliphatic hydroxyl groups excluding tert-OH is 1. The summed E-state index contributed by atoms with van der Waals surface area (Å²) in [7, 11) is 1.27. The van der Waals surface area contributed by atoms with E-state index in [0.717, 1.165) is 38.5 Å². The molecule has 8 nitrogen and oxygen atoms in total. The van der Waals surface area contributed by atoms with Gasteiger partial charge in [0.15, 0.2) is 0 Å². The Hall–Kier alpha value is -0.760. The Morgan fingerprint density at radius 2 is 0.931 bits per heavy atom. The second kappa shape index (κ2) is 41.6. The average Bonchev–Trinajstić information content (AvgIpc) is 3.17. The van der Waals surface area contributed by atoms with E-state index < -0.39 is 20.0 Å². The van der Waals surface area contributed by atoms with Crippen LogP contribution in [0.25, 0.3) is 0 Å². The number of rotatable bonds is 46. The van der Waals surface area contributed by atoms with E-state index in [2.05, 4.69) is 19.2 Å². The van der Waals surface area contributed by atoms with E-state index in [1.54, 1.807) is 6.08 Å². The van der Waals surface area contributed by atoms with Crippen molar-refractivity contribution in [3.8, 4) is 0 Å². The van der Waals surface area contributed by atoms with Crippen molar-refractivity contribution in [1.82, 2.24) is 5.32 Å². The zero-order valence-corrected chi connectivity index (χ0v) is 40.2. The van der Waals surface area contributed by atoms with Gasteiger partial charge in [-0.3, -0.25) is 9.36 Å². The fraction of sp³-hybridized carbons (Fsp3) is 0.939. The summed E-state index contributed by atoms with van der Waals surface area (Å²) in [5, 5.41) is 13.8. The van der Waals surface area contributed by atoms with Crippen LogP contribution in [-0.4, -0.2) is 68.5 Å². The molecule has 0 fully saturated rings. The van der Waals surface area contributed by atoms with Crippen LogP contribution in [0.3, 0.4) is 0 Å². The third-order valence-electron chi connectivity index (χ3n) is 11.5. The first-order valence-corrected chi connectivity index (χ1v) is 26.5. The number of hydrogen-bond acceptors (Lipinski definition) is 6. The molecular formula is C49H99N2O6P. The summed E-state index contributed by atoms with van der Waals surface area (Å²) in [5.74, 6) is -0.196. The molecule has 0 aliphatic rings. The maximum absolute atomic E-state index is 12.8.